The molecule has 19 heavy (non-hydrogen) atoms. The van der Waals surface area contributed by atoms with E-state index < -0.39 is 0 Å². The Bertz CT molecular complexity index is 559. The molecule has 2 aromatic rings. The van der Waals surface area contributed by atoms with Crippen molar-refractivity contribution in [3.63, 3.8) is 0 Å². The van der Waals surface area contributed by atoms with Crippen molar-refractivity contribution in [2.45, 2.75) is 25.3 Å². The first-order valence-electron chi connectivity index (χ1n) is 6.72. The highest BCUT2D eigenvalue weighted by molar-refractivity contribution is 9.10. The molecule has 0 saturated carbocycles. The fraction of sp³-hybridized carbons (Fsp3) is 0.400. The van der Waals surface area contributed by atoms with Gasteiger partial charge in [-0.15, -0.1) is 0 Å². The van der Waals surface area contributed by atoms with Gasteiger partial charge in [0.15, 0.2) is 0 Å². The number of aryl methyl sites for hydroxylation is 2. The van der Waals surface area contributed by atoms with Crippen LogP contribution in [-0.4, -0.2) is 16.1 Å². The predicted molar refractivity (Wildman–Crippen MR) is 80.1 cm³/mol. The van der Waals surface area contributed by atoms with E-state index in [1.807, 2.05) is 6.33 Å². The Balaban J connectivity index is 1.69. The van der Waals surface area contributed by atoms with Gasteiger partial charge >= 0.3 is 0 Å². The molecule has 0 radical (unpaired) electrons. The number of fused-ring (bicyclic) bond motifs is 1. The van der Waals surface area contributed by atoms with Crippen LogP contribution >= 0.6 is 15.9 Å². The largest absolute Gasteiger partial charge is 0.337 e. The van der Waals surface area contributed by atoms with Gasteiger partial charge in [0.1, 0.15) is 0 Å². The van der Waals surface area contributed by atoms with Crippen LogP contribution < -0.4 is 5.32 Å². The Kier molecular flexibility index (Phi) is 3.71. The van der Waals surface area contributed by atoms with E-state index in [1.165, 1.54) is 17.0 Å². The quantitative estimate of drug-likeness (QED) is 0.942. The van der Waals surface area contributed by atoms with E-state index in [1.54, 1.807) is 0 Å². The van der Waals surface area contributed by atoms with Gasteiger partial charge in [-0.25, -0.2) is 4.98 Å². The molecule has 1 atom stereocenters. The van der Waals surface area contributed by atoms with Crippen LogP contribution in [0.4, 0.5) is 0 Å². The second kappa shape index (κ2) is 5.47. The molecule has 2 heterocycles. The molecule has 0 bridgehead atoms. The summed E-state index contributed by atoms with van der Waals surface area (Å²) in [5, 5.41) is 3.59. The Morgan fingerprint density at radius 2 is 2.16 bits per heavy atom. The molecule has 1 unspecified atom stereocenters. The monoisotopic (exact) mass is 319 g/mol. The van der Waals surface area contributed by atoms with Crippen LogP contribution in [0.3, 0.4) is 0 Å². The maximum Gasteiger partial charge on any atom is 0.0949 e. The lowest BCUT2D eigenvalue weighted by atomic mass is 9.98. The van der Waals surface area contributed by atoms with Crippen LogP contribution in [0.25, 0.3) is 0 Å². The molecule has 100 valence electrons. The zero-order valence-corrected chi connectivity index (χ0v) is 12.7. The van der Waals surface area contributed by atoms with Crippen molar-refractivity contribution in [1.82, 2.24) is 14.9 Å². The molecule has 1 N–H and O–H groups in total. The molecule has 0 aliphatic carbocycles. The molecule has 1 aromatic heterocycles. The first kappa shape index (κ1) is 12.9. The number of nitrogens with zero attached hydrogens (tertiary/aromatic N) is 2. The van der Waals surface area contributed by atoms with Gasteiger partial charge in [-0.3, -0.25) is 0 Å². The third kappa shape index (κ3) is 2.74. The molecule has 1 aliphatic heterocycles. The molecule has 3 rings (SSSR count). The van der Waals surface area contributed by atoms with Crippen LogP contribution in [0.15, 0.2) is 35.1 Å². The summed E-state index contributed by atoms with van der Waals surface area (Å²) in [7, 11) is 2.09. The zero-order valence-electron chi connectivity index (χ0n) is 11.1. The van der Waals surface area contributed by atoms with Crippen LogP contribution in [0.2, 0.25) is 0 Å². The number of nitrogens with one attached hydrogen (secondary N) is 1. The molecule has 1 aromatic carbocycles. The molecule has 0 amide bonds. The van der Waals surface area contributed by atoms with E-state index >= 15 is 0 Å². The summed E-state index contributed by atoms with van der Waals surface area (Å²) in [6.45, 7) is 1.05. The van der Waals surface area contributed by atoms with Gasteiger partial charge in [-0.2, -0.15) is 0 Å². The fourth-order valence-corrected chi connectivity index (χ4v) is 3.00. The number of benzene rings is 1. The van der Waals surface area contributed by atoms with E-state index in [9.17, 15) is 0 Å². The van der Waals surface area contributed by atoms with Gasteiger partial charge in [0.25, 0.3) is 0 Å². The standard InChI is InChI=1S/C15H18BrN3/c1-19-10-18-15-13(17-9-8-14(15)19)7-4-11-2-5-12(16)6-3-11/h2-3,5-6,10,13,17H,4,7-9H2,1H3. The number of hydrogen-bond acceptors (Lipinski definition) is 2. The minimum absolute atomic E-state index is 0.397. The molecular weight excluding hydrogens is 302 g/mol. The van der Waals surface area contributed by atoms with Gasteiger partial charge in [0, 0.05) is 30.2 Å². The van der Waals surface area contributed by atoms with Crippen LogP contribution in [0.5, 0.6) is 0 Å². The topological polar surface area (TPSA) is 29.9 Å². The van der Waals surface area contributed by atoms with E-state index in [0.29, 0.717) is 6.04 Å². The normalized spacial score (nSPS) is 18.3. The second-order valence-electron chi connectivity index (χ2n) is 5.11. The van der Waals surface area contributed by atoms with Crippen LogP contribution in [0, 0.1) is 0 Å². The molecule has 4 heteroatoms. The minimum atomic E-state index is 0.397. The molecule has 0 spiro atoms. The molecule has 1 aliphatic rings. The lowest BCUT2D eigenvalue weighted by molar-refractivity contribution is 0.460. The van der Waals surface area contributed by atoms with Gasteiger partial charge in [0.05, 0.1) is 18.1 Å². The van der Waals surface area contributed by atoms with E-state index in [2.05, 4.69) is 62.1 Å². The maximum absolute atomic E-state index is 4.56. The molecule has 0 fully saturated rings. The Hall–Kier alpha value is -1.13. The fourth-order valence-electron chi connectivity index (χ4n) is 2.73. The lowest BCUT2D eigenvalue weighted by Gasteiger charge is -2.23. The highest BCUT2D eigenvalue weighted by Crippen LogP contribution is 2.25. The third-order valence-corrected chi connectivity index (χ3v) is 4.34. The predicted octanol–water partition coefficient (Wildman–Crippen LogP) is 3.00. The summed E-state index contributed by atoms with van der Waals surface area (Å²) in [4.78, 5) is 4.56. The number of halogens is 1. The van der Waals surface area contributed by atoms with Crippen molar-refractivity contribution >= 4 is 15.9 Å². The van der Waals surface area contributed by atoms with E-state index in [4.69, 9.17) is 0 Å². The van der Waals surface area contributed by atoms with Crippen LogP contribution in [0.1, 0.15) is 29.4 Å². The average molecular weight is 320 g/mol. The van der Waals surface area contributed by atoms with Gasteiger partial charge in [0.2, 0.25) is 0 Å². The summed E-state index contributed by atoms with van der Waals surface area (Å²) in [5.41, 5.74) is 4.01. The average Bonchev–Trinajstić information content (AvgIpc) is 2.81. The molecular formula is C15H18BrN3. The minimum Gasteiger partial charge on any atom is -0.337 e. The Morgan fingerprint density at radius 1 is 1.37 bits per heavy atom. The SMILES string of the molecule is Cn1cnc2c1CCNC2CCc1ccc(Br)cc1. The summed E-state index contributed by atoms with van der Waals surface area (Å²) in [6.07, 6.45) is 5.21. The maximum atomic E-state index is 4.56. The lowest BCUT2D eigenvalue weighted by Crippen LogP contribution is -2.31. The van der Waals surface area contributed by atoms with Crippen molar-refractivity contribution in [2.24, 2.45) is 7.05 Å². The Labute approximate surface area is 122 Å². The van der Waals surface area contributed by atoms with Gasteiger partial charge < -0.3 is 9.88 Å². The van der Waals surface area contributed by atoms with Crippen molar-refractivity contribution in [2.75, 3.05) is 6.54 Å². The number of imidazole rings is 1. The summed E-state index contributed by atoms with van der Waals surface area (Å²) < 4.78 is 3.29. The number of hydrogen-bond donors (Lipinski definition) is 1. The number of aromatic nitrogens is 2. The van der Waals surface area contributed by atoms with Gasteiger partial charge in [-0.1, -0.05) is 28.1 Å². The first-order chi connectivity index (χ1) is 9.24. The van der Waals surface area contributed by atoms with Crippen molar-refractivity contribution in [3.8, 4) is 0 Å². The van der Waals surface area contributed by atoms with Crippen molar-refractivity contribution in [3.05, 3.63) is 52.0 Å². The zero-order chi connectivity index (χ0) is 13.2. The third-order valence-electron chi connectivity index (χ3n) is 3.81. The molecule has 0 saturated heterocycles. The number of rotatable bonds is 3. The van der Waals surface area contributed by atoms with Gasteiger partial charge in [-0.05, 0) is 30.5 Å². The second-order valence-corrected chi connectivity index (χ2v) is 6.02. The van der Waals surface area contributed by atoms with Crippen molar-refractivity contribution < 1.29 is 0 Å². The highest BCUT2D eigenvalue weighted by Gasteiger charge is 2.23. The smallest absolute Gasteiger partial charge is 0.0949 e. The van der Waals surface area contributed by atoms with E-state index in [0.717, 1.165) is 30.3 Å². The molecule has 3 nitrogen and oxygen atoms in total. The van der Waals surface area contributed by atoms with E-state index in [-0.39, 0.29) is 0 Å². The Morgan fingerprint density at radius 3 is 2.95 bits per heavy atom. The van der Waals surface area contributed by atoms with Crippen molar-refractivity contribution in [1.29, 1.82) is 0 Å². The van der Waals surface area contributed by atoms with Crippen LogP contribution in [-0.2, 0) is 19.9 Å². The summed E-state index contributed by atoms with van der Waals surface area (Å²) in [6, 6.07) is 8.98. The summed E-state index contributed by atoms with van der Waals surface area (Å²) in [5.74, 6) is 0. The first-order valence-corrected chi connectivity index (χ1v) is 7.51. The highest BCUT2D eigenvalue weighted by atomic mass is 79.9. The summed E-state index contributed by atoms with van der Waals surface area (Å²) >= 11 is 3.47.